The van der Waals surface area contributed by atoms with Crippen molar-refractivity contribution in [2.45, 2.75) is 51.4 Å². The van der Waals surface area contributed by atoms with E-state index in [1.54, 1.807) is 0 Å². The van der Waals surface area contributed by atoms with Gasteiger partial charge in [-0.25, -0.2) is 0 Å². The molecule has 1 aromatic carbocycles. The lowest BCUT2D eigenvalue weighted by Crippen LogP contribution is -2.44. The Balaban J connectivity index is 0.00000171. The van der Waals surface area contributed by atoms with Crippen LogP contribution < -0.4 is 16.0 Å². The van der Waals surface area contributed by atoms with Crippen LogP contribution in [0.3, 0.4) is 0 Å². The van der Waals surface area contributed by atoms with Crippen LogP contribution in [-0.2, 0) is 9.59 Å². The zero-order valence-electron chi connectivity index (χ0n) is 18.2. The molecular formula is C23H36Cl2N4O2. The molecule has 8 heteroatoms. The second-order valence-electron chi connectivity index (χ2n) is 9.00. The quantitative estimate of drug-likeness (QED) is 0.606. The van der Waals surface area contributed by atoms with Crippen molar-refractivity contribution in [2.75, 3.05) is 43.4 Å². The van der Waals surface area contributed by atoms with E-state index in [2.05, 4.69) is 20.9 Å². The summed E-state index contributed by atoms with van der Waals surface area (Å²) < 4.78 is 0. The Bertz CT molecular complexity index is 723. The van der Waals surface area contributed by atoms with E-state index in [-0.39, 0.29) is 42.0 Å². The van der Waals surface area contributed by atoms with Crippen LogP contribution in [0.15, 0.2) is 24.3 Å². The highest BCUT2D eigenvalue weighted by atomic mass is 35.5. The average molecular weight is 471 g/mol. The maximum atomic E-state index is 13.1. The molecular weight excluding hydrogens is 435 g/mol. The van der Waals surface area contributed by atoms with Crippen molar-refractivity contribution in [3.8, 4) is 0 Å². The number of carbonyl (C=O) groups is 2. The number of hydrogen-bond donors (Lipinski definition) is 3. The van der Waals surface area contributed by atoms with Crippen molar-refractivity contribution >= 4 is 48.0 Å². The molecule has 1 aromatic rings. The van der Waals surface area contributed by atoms with Crippen molar-refractivity contribution in [3.05, 3.63) is 24.3 Å². The van der Waals surface area contributed by atoms with Crippen molar-refractivity contribution in [3.63, 3.8) is 0 Å². The Morgan fingerprint density at radius 1 is 0.935 bits per heavy atom. The molecule has 2 aliphatic heterocycles. The van der Waals surface area contributed by atoms with E-state index >= 15 is 0 Å². The molecule has 1 aliphatic carbocycles. The zero-order valence-corrected chi connectivity index (χ0v) is 19.8. The van der Waals surface area contributed by atoms with Gasteiger partial charge in [0.25, 0.3) is 0 Å². The fourth-order valence-electron chi connectivity index (χ4n) is 5.28. The molecule has 31 heavy (non-hydrogen) atoms. The van der Waals surface area contributed by atoms with E-state index in [0.717, 1.165) is 56.8 Å². The van der Waals surface area contributed by atoms with E-state index < -0.39 is 0 Å². The van der Waals surface area contributed by atoms with Crippen LogP contribution in [0, 0.1) is 11.3 Å². The first-order valence-corrected chi connectivity index (χ1v) is 11.3. The monoisotopic (exact) mass is 470 g/mol. The predicted molar refractivity (Wildman–Crippen MR) is 130 cm³/mol. The van der Waals surface area contributed by atoms with Gasteiger partial charge in [0.15, 0.2) is 0 Å². The van der Waals surface area contributed by atoms with Crippen LogP contribution in [-0.4, -0.2) is 49.4 Å². The molecule has 0 bridgehead atoms. The number of anilines is 2. The van der Waals surface area contributed by atoms with Gasteiger partial charge in [-0.2, -0.15) is 0 Å². The number of nitrogens with zero attached hydrogens (tertiary/aromatic N) is 1. The zero-order chi connectivity index (χ0) is 20.1. The van der Waals surface area contributed by atoms with Crippen LogP contribution in [0.1, 0.15) is 51.4 Å². The minimum absolute atomic E-state index is 0. The molecule has 0 spiro atoms. The Hall–Kier alpha value is -1.34. The van der Waals surface area contributed by atoms with E-state index in [0.29, 0.717) is 12.5 Å². The van der Waals surface area contributed by atoms with E-state index in [4.69, 9.17) is 0 Å². The molecule has 2 amide bonds. The van der Waals surface area contributed by atoms with Gasteiger partial charge < -0.3 is 16.0 Å². The third kappa shape index (κ3) is 6.35. The molecule has 2 atom stereocenters. The van der Waals surface area contributed by atoms with Gasteiger partial charge in [0.1, 0.15) is 0 Å². The Labute approximate surface area is 198 Å². The number of carbonyl (C=O) groups excluding carboxylic acids is 2. The summed E-state index contributed by atoms with van der Waals surface area (Å²) in [7, 11) is 0. The van der Waals surface area contributed by atoms with Gasteiger partial charge in [-0.3, -0.25) is 14.5 Å². The van der Waals surface area contributed by atoms with Gasteiger partial charge in [0.05, 0.1) is 12.0 Å². The number of hydrogen-bond acceptors (Lipinski definition) is 4. The van der Waals surface area contributed by atoms with Gasteiger partial charge in [-0.05, 0) is 75.5 Å². The summed E-state index contributed by atoms with van der Waals surface area (Å²) in [5, 5.41) is 9.54. The fraction of sp³-hybridized carbons (Fsp3) is 0.652. The van der Waals surface area contributed by atoms with Gasteiger partial charge in [0, 0.05) is 17.9 Å². The van der Waals surface area contributed by atoms with Gasteiger partial charge >= 0.3 is 0 Å². The van der Waals surface area contributed by atoms with Crippen LogP contribution in [0.5, 0.6) is 0 Å². The summed E-state index contributed by atoms with van der Waals surface area (Å²) in [6.07, 6.45) is 9.37. The Morgan fingerprint density at radius 2 is 1.58 bits per heavy atom. The highest BCUT2D eigenvalue weighted by molar-refractivity contribution is 5.97. The first kappa shape index (κ1) is 25.9. The van der Waals surface area contributed by atoms with Crippen molar-refractivity contribution in [1.29, 1.82) is 0 Å². The molecule has 4 rings (SSSR count). The molecule has 6 nitrogen and oxygen atoms in total. The number of benzene rings is 1. The smallest absolute Gasteiger partial charge is 0.238 e. The number of rotatable bonds is 5. The maximum absolute atomic E-state index is 13.1. The average Bonchev–Trinajstić information content (AvgIpc) is 3.01. The lowest BCUT2D eigenvalue weighted by molar-refractivity contribution is -0.128. The molecule has 0 radical (unpaired) electrons. The molecule has 3 fully saturated rings. The second-order valence-corrected chi connectivity index (χ2v) is 9.00. The summed E-state index contributed by atoms with van der Waals surface area (Å²) >= 11 is 0. The lowest BCUT2D eigenvalue weighted by atomic mass is 9.67. The third-order valence-corrected chi connectivity index (χ3v) is 6.98. The number of amides is 2. The van der Waals surface area contributed by atoms with Crippen LogP contribution in [0.4, 0.5) is 11.4 Å². The minimum atomic E-state index is -0.252. The summed E-state index contributed by atoms with van der Waals surface area (Å²) in [5.74, 6) is 0.628. The predicted octanol–water partition coefficient (Wildman–Crippen LogP) is 4.06. The van der Waals surface area contributed by atoms with Crippen molar-refractivity contribution < 1.29 is 9.59 Å². The first-order valence-electron chi connectivity index (χ1n) is 11.3. The second kappa shape index (κ2) is 12.0. The standard InChI is InChI=1S/C23H34N4O2.2ClH/c28-21(16-27-13-5-1-2-6-14-27)25-19-8-10-20(11-9-19)26-22(29)23-12-4-3-7-18(23)15-24-17-23;;/h8-11,18,24H,1-7,12-17H2,(H,25,28)(H,26,29);2*1H/t18-,23+;;/m0../s1. The van der Waals surface area contributed by atoms with Gasteiger partial charge in [-0.15, -0.1) is 24.8 Å². The fourth-order valence-corrected chi connectivity index (χ4v) is 5.28. The lowest BCUT2D eigenvalue weighted by Gasteiger charge is -2.37. The SMILES string of the molecule is Cl.Cl.O=C(CN1CCCCCC1)Nc1ccc(NC(=O)[C@@]23CCCC[C@H]2CNC3)cc1. The van der Waals surface area contributed by atoms with Crippen LogP contribution in [0.25, 0.3) is 0 Å². The van der Waals surface area contributed by atoms with Gasteiger partial charge in [0.2, 0.25) is 11.8 Å². The molecule has 1 saturated carbocycles. The maximum Gasteiger partial charge on any atom is 0.238 e. The summed E-state index contributed by atoms with van der Waals surface area (Å²) in [5.41, 5.74) is 1.32. The molecule has 3 N–H and O–H groups in total. The first-order chi connectivity index (χ1) is 14.2. The molecule has 0 unspecified atom stereocenters. The Morgan fingerprint density at radius 3 is 2.26 bits per heavy atom. The molecule has 174 valence electrons. The Kier molecular flexibility index (Phi) is 10.1. The van der Waals surface area contributed by atoms with Crippen LogP contribution >= 0.6 is 24.8 Å². The summed E-state index contributed by atoms with van der Waals surface area (Å²) in [6.45, 7) is 4.21. The molecule has 2 saturated heterocycles. The third-order valence-electron chi connectivity index (χ3n) is 6.98. The summed E-state index contributed by atoms with van der Waals surface area (Å²) in [4.78, 5) is 27.7. The highest BCUT2D eigenvalue weighted by Gasteiger charge is 2.49. The number of nitrogens with one attached hydrogen (secondary N) is 3. The number of likely N-dealkylation sites (tertiary alicyclic amines) is 1. The largest absolute Gasteiger partial charge is 0.326 e. The minimum Gasteiger partial charge on any atom is -0.326 e. The normalized spacial score (nSPS) is 25.9. The summed E-state index contributed by atoms with van der Waals surface area (Å²) in [6, 6.07) is 7.52. The van der Waals surface area contributed by atoms with E-state index in [1.807, 2.05) is 24.3 Å². The van der Waals surface area contributed by atoms with E-state index in [9.17, 15) is 9.59 Å². The topological polar surface area (TPSA) is 73.5 Å². The van der Waals surface area contributed by atoms with Crippen molar-refractivity contribution in [1.82, 2.24) is 10.2 Å². The molecule has 3 aliphatic rings. The van der Waals surface area contributed by atoms with Crippen LogP contribution in [0.2, 0.25) is 0 Å². The molecule has 2 heterocycles. The highest BCUT2D eigenvalue weighted by Crippen LogP contribution is 2.44. The van der Waals surface area contributed by atoms with E-state index in [1.165, 1.54) is 32.1 Å². The number of halogens is 2. The van der Waals surface area contributed by atoms with Gasteiger partial charge in [-0.1, -0.05) is 25.7 Å². The van der Waals surface area contributed by atoms with Crippen molar-refractivity contribution in [2.24, 2.45) is 11.3 Å². The molecule has 0 aromatic heterocycles. The number of fused-ring (bicyclic) bond motifs is 1.